The zero-order chi connectivity index (χ0) is 31.6. The third-order valence-electron chi connectivity index (χ3n) is 8.11. The molecular formula is C35H32ClN3O5S. The highest BCUT2D eigenvalue weighted by atomic mass is 35.5. The Morgan fingerprint density at radius 3 is 2.27 bits per heavy atom. The number of hydrazone groups is 1. The number of hydrogen-bond donors (Lipinski definition) is 1. The van der Waals surface area contributed by atoms with Crippen molar-refractivity contribution in [2.45, 2.75) is 30.2 Å². The molecule has 45 heavy (non-hydrogen) atoms. The standard InChI is InChI=1S/C35H32ClN3O5S/c1-43-29-17-9-23(10-18-29)21-25-5-4-8-32-33(25)37-39(34(32)24-11-19-30(44-2)20-12-24)35(40)26-6-3-7-31(22-26)45(41,42)38-28-15-13-27(36)14-16-28/h3,6-7,9-22,32,34,38H,4-5,8H2,1-2H3/b25-21+/t32-,34+/m1/s1. The first-order valence-electron chi connectivity index (χ1n) is 14.6. The van der Waals surface area contributed by atoms with Gasteiger partial charge < -0.3 is 9.47 Å². The maximum absolute atomic E-state index is 14.2. The van der Waals surface area contributed by atoms with Crippen molar-refractivity contribution in [3.63, 3.8) is 0 Å². The van der Waals surface area contributed by atoms with Crippen LogP contribution in [0.2, 0.25) is 5.02 Å². The number of hydrogen-bond acceptors (Lipinski definition) is 6. The molecule has 0 radical (unpaired) electrons. The molecule has 0 saturated heterocycles. The first-order chi connectivity index (χ1) is 21.8. The van der Waals surface area contributed by atoms with E-state index in [1.165, 1.54) is 17.1 Å². The second-order valence-corrected chi connectivity index (χ2v) is 13.1. The highest BCUT2D eigenvalue weighted by Crippen LogP contribution is 2.45. The maximum atomic E-state index is 14.2. The Hall–Kier alpha value is -4.60. The average molecular weight is 642 g/mol. The highest BCUT2D eigenvalue weighted by Gasteiger charge is 2.44. The second-order valence-electron chi connectivity index (χ2n) is 10.9. The quantitative estimate of drug-likeness (QED) is 0.214. The van der Waals surface area contributed by atoms with Gasteiger partial charge in [-0.2, -0.15) is 5.10 Å². The molecule has 4 aromatic rings. The highest BCUT2D eigenvalue weighted by molar-refractivity contribution is 7.92. The van der Waals surface area contributed by atoms with E-state index >= 15 is 0 Å². The lowest BCUT2D eigenvalue weighted by Crippen LogP contribution is -2.32. The number of halogens is 1. The molecule has 0 spiro atoms. The number of amides is 1. The van der Waals surface area contributed by atoms with E-state index in [9.17, 15) is 13.2 Å². The van der Waals surface area contributed by atoms with Crippen LogP contribution in [0.1, 0.15) is 46.8 Å². The van der Waals surface area contributed by atoms with Crippen molar-refractivity contribution in [1.29, 1.82) is 0 Å². The van der Waals surface area contributed by atoms with Crippen molar-refractivity contribution in [1.82, 2.24) is 5.01 Å². The predicted molar refractivity (Wildman–Crippen MR) is 176 cm³/mol. The van der Waals surface area contributed by atoms with Crippen molar-refractivity contribution >= 4 is 45.0 Å². The Balaban J connectivity index is 1.36. The van der Waals surface area contributed by atoms with Crippen molar-refractivity contribution in [2.75, 3.05) is 18.9 Å². The summed E-state index contributed by atoms with van der Waals surface area (Å²) < 4.78 is 39.8. The molecule has 0 aromatic heterocycles. The monoisotopic (exact) mass is 641 g/mol. The van der Waals surface area contributed by atoms with Crippen LogP contribution in [0.15, 0.2) is 113 Å². The Bertz CT molecular complexity index is 1870. The average Bonchev–Trinajstić information content (AvgIpc) is 3.46. The van der Waals surface area contributed by atoms with Crippen LogP contribution in [0.3, 0.4) is 0 Å². The van der Waals surface area contributed by atoms with Gasteiger partial charge in [0.25, 0.3) is 15.9 Å². The third kappa shape index (κ3) is 6.45. The molecule has 4 aromatic carbocycles. The number of sulfonamides is 1. The van der Waals surface area contributed by atoms with E-state index in [0.29, 0.717) is 16.5 Å². The van der Waals surface area contributed by atoms with Gasteiger partial charge in [0.05, 0.1) is 30.9 Å². The van der Waals surface area contributed by atoms with Gasteiger partial charge in [0, 0.05) is 22.2 Å². The Morgan fingerprint density at radius 1 is 0.933 bits per heavy atom. The number of methoxy groups -OCH3 is 2. The van der Waals surface area contributed by atoms with E-state index in [4.69, 9.17) is 26.2 Å². The number of rotatable bonds is 8. The first-order valence-corrected chi connectivity index (χ1v) is 16.4. The fourth-order valence-corrected chi connectivity index (χ4v) is 7.09. The van der Waals surface area contributed by atoms with E-state index in [1.807, 2.05) is 48.5 Å². The molecule has 1 saturated carbocycles. The zero-order valence-electron chi connectivity index (χ0n) is 24.8. The van der Waals surface area contributed by atoms with Crippen LogP contribution in [0.25, 0.3) is 6.08 Å². The van der Waals surface area contributed by atoms with Gasteiger partial charge in [-0.15, -0.1) is 0 Å². The molecule has 2 atom stereocenters. The minimum atomic E-state index is -3.98. The van der Waals surface area contributed by atoms with E-state index in [1.54, 1.807) is 50.6 Å². The minimum absolute atomic E-state index is 0.0286. The number of ether oxygens (including phenoxy) is 2. The molecular weight excluding hydrogens is 610 g/mol. The topological polar surface area (TPSA) is 97.3 Å². The molecule has 0 bridgehead atoms. The SMILES string of the molecule is COc1ccc(/C=C2\CCC[C@@H]3C2=NN(C(=O)c2cccc(S(=O)(=O)Nc4ccc(Cl)cc4)c2)[C@H]3c2ccc(OC)cc2)cc1. The molecule has 1 fully saturated rings. The van der Waals surface area contributed by atoms with Gasteiger partial charge in [-0.25, -0.2) is 13.4 Å². The summed E-state index contributed by atoms with van der Waals surface area (Å²) in [4.78, 5) is 14.2. The lowest BCUT2D eigenvalue weighted by molar-refractivity contribution is 0.0680. The number of nitrogens with one attached hydrogen (secondary N) is 1. The molecule has 1 aliphatic heterocycles. The molecule has 0 unspecified atom stereocenters. The fraction of sp³-hybridized carbons (Fsp3) is 0.200. The summed E-state index contributed by atoms with van der Waals surface area (Å²) in [7, 11) is -0.730. The van der Waals surface area contributed by atoms with Gasteiger partial charge in [-0.1, -0.05) is 41.9 Å². The normalized spacial score (nSPS) is 18.7. The summed E-state index contributed by atoms with van der Waals surface area (Å²) in [5, 5.41) is 6.98. The number of nitrogens with zero attached hydrogens (tertiary/aromatic N) is 2. The van der Waals surface area contributed by atoms with E-state index in [0.717, 1.165) is 47.4 Å². The number of fused-ring (bicyclic) bond motifs is 1. The van der Waals surface area contributed by atoms with Crippen LogP contribution in [-0.2, 0) is 10.0 Å². The van der Waals surface area contributed by atoms with Crippen LogP contribution >= 0.6 is 11.6 Å². The van der Waals surface area contributed by atoms with Crippen molar-refractivity contribution in [3.8, 4) is 11.5 Å². The van der Waals surface area contributed by atoms with E-state index in [2.05, 4.69) is 10.8 Å². The predicted octanol–water partition coefficient (Wildman–Crippen LogP) is 7.59. The number of allylic oxidation sites excluding steroid dienone is 1. The minimum Gasteiger partial charge on any atom is -0.497 e. The van der Waals surface area contributed by atoms with Crippen LogP contribution < -0.4 is 14.2 Å². The van der Waals surface area contributed by atoms with Gasteiger partial charge in [-0.3, -0.25) is 9.52 Å². The molecule has 230 valence electrons. The maximum Gasteiger partial charge on any atom is 0.274 e. The fourth-order valence-electron chi connectivity index (χ4n) is 5.86. The van der Waals surface area contributed by atoms with Crippen LogP contribution in [0, 0.1) is 5.92 Å². The van der Waals surface area contributed by atoms with Gasteiger partial charge >= 0.3 is 0 Å². The molecule has 1 heterocycles. The summed E-state index contributed by atoms with van der Waals surface area (Å²) >= 11 is 5.95. The van der Waals surface area contributed by atoms with Crippen LogP contribution in [-0.4, -0.2) is 39.3 Å². The molecule has 2 aliphatic rings. The summed E-state index contributed by atoms with van der Waals surface area (Å²) in [5.41, 5.74) is 4.48. The van der Waals surface area contributed by atoms with E-state index in [-0.39, 0.29) is 28.3 Å². The first kappa shape index (κ1) is 30.4. The third-order valence-corrected chi connectivity index (χ3v) is 9.74. The van der Waals surface area contributed by atoms with Crippen LogP contribution in [0.4, 0.5) is 5.69 Å². The number of carbonyl (C=O) groups excluding carboxylic acids is 1. The number of carbonyl (C=O) groups is 1. The Kier molecular flexibility index (Phi) is 8.65. The lowest BCUT2D eigenvalue weighted by Gasteiger charge is -2.30. The Labute approximate surface area is 268 Å². The smallest absolute Gasteiger partial charge is 0.274 e. The number of anilines is 1. The summed E-state index contributed by atoms with van der Waals surface area (Å²) in [6.45, 7) is 0. The van der Waals surface area contributed by atoms with Gasteiger partial charge in [0.2, 0.25) is 0 Å². The second kappa shape index (κ2) is 12.8. The molecule has 1 amide bonds. The van der Waals surface area contributed by atoms with Crippen molar-refractivity contribution < 1.29 is 22.7 Å². The van der Waals surface area contributed by atoms with Crippen molar-refractivity contribution in [2.24, 2.45) is 11.0 Å². The largest absolute Gasteiger partial charge is 0.497 e. The van der Waals surface area contributed by atoms with Gasteiger partial charge in [0.15, 0.2) is 0 Å². The summed E-state index contributed by atoms with van der Waals surface area (Å²) in [6, 6.07) is 27.5. The number of benzene rings is 4. The molecule has 1 N–H and O–H groups in total. The Morgan fingerprint density at radius 2 is 1.60 bits per heavy atom. The van der Waals surface area contributed by atoms with Gasteiger partial charge in [0.1, 0.15) is 11.5 Å². The van der Waals surface area contributed by atoms with Crippen LogP contribution in [0.5, 0.6) is 11.5 Å². The van der Waals surface area contributed by atoms with E-state index < -0.39 is 10.0 Å². The lowest BCUT2D eigenvalue weighted by atomic mass is 9.77. The van der Waals surface area contributed by atoms with Crippen molar-refractivity contribution in [3.05, 3.63) is 124 Å². The molecule has 6 rings (SSSR count). The summed E-state index contributed by atoms with van der Waals surface area (Å²) in [5.74, 6) is 1.08. The molecule has 8 nitrogen and oxygen atoms in total. The molecule has 10 heteroatoms. The van der Waals surface area contributed by atoms with Gasteiger partial charge in [-0.05, 0) is 109 Å². The molecule has 1 aliphatic carbocycles. The zero-order valence-corrected chi connectivity index (χ0v) is 26.4. The summed E-state index contributed by atoms with van der Waals surface area (Å²) in [6.07, 6.45) is 4.77.